The number of hydrogen-bond donors (Lipinski definition) is 1. The van der Waals surface area contributed by atoms with E-state index < -0.39 is 27.6 Å². The quantitative estimate of drug-likeness (QED) is 0.475. The maximum atomic E-state index is 13.5. The predicted octanol–water partition coefficient (Wildman–Crippen LogP) is 2.46. The molecule has 1 aliphatic heterocycles. The summed E-state index contributed by atoms with van der Waals surface area (Å²) in [6, 6.07) is 8.98. The van der Waals surface area contributed by atoms with Gasteiger partial charge in [0.2, 0.25) is 10.0 Å². The van der Waals surface area contributed by atoms with Crippen LogP contribution < -0.4 is 5.36 Å². The number of carbonyl (C=O) groups excluding carboxylic acids is 1. The Labute approximate surface area is 182 Å². The molecule has 1 amide bonds. The van der Waals surface area contributed by atoms with Crippen LogP contribution in [0.1, 0.15) is 16.1 Å². The van der Waals surface area contributed by atoms with Crippen molar-refractivity contribution in [2.75, 3.05) is 26.2 Å². The number of carbonyl (C=O) groups is 1. The van der Waals surface area contributed by atoms with Crippen LogP contribution in [-0.4, -0.2) is 54.9 Å². The van der Waals surface area contributed by atoms with E-state index in [-0.39, 0.29) is 42.2 Å². The molecular weight excluding hydrogens is 444 g/mol. The Kier molecular flexibility index (Phi) is 5.70. The van der Waals surface area contributed by atoms with E-state index in [9.17, 15) is 27.2 Å². The maximum Gasteiger partial charge on any atom is 0.289 e. The fourth-order valence-corrected chi connectivity index (χ4v) is 4.97. The number of benzene rings is 2. The third kappa shape index (κ3) is 3.96. The third-order valence-corrected chi connectivity index (χ3v) is 7.17. The van der Waals surface area contributed by atoms with Crippen LogP contribution in [0.15, 0.2) is 56.9 Å². The second kappa shape index (κ2) is 8.32. The smallest absolute Gasteiger partial charge is 0.289 e. The van der Waals surface area contributed by atoms with Gasteiger partial charge in [0.25, 0.3) is 5.91 Å². The minimum atomic E-state index is -4.04. The molecule has 0 spiro atoms. The molecule has 2 heterocycles. The number of hydrogen-bond acceptors (Lipinski definition) is 6. The highest BCUT2D eigenvalue weighted by atomic mass is 32.2. The first-order valence-electron chi connectivity index (χ1n) is 9.68. The molecule has 0 aliphatic carbocycles. The van der Waals surface area contributed by atoms with Crippen molar-refractivity contribution >= 4 is 26.9 Å². The highest BCUT2D eigenvalue weighted by molar-refractivity contribution is 7.89. The molecule has 3 aromatic rings. The van der Waals surface area contributed by atoms with E-state index in [1.807, 2.05) is 13.0 Å². The Bertz CT molecular complexity index is 1380. The Hall–Kier alpha value is -3.31. The van der Waals surface area contributed by atoms with Crippen molar-refractivity contribution in [3.63, 3.8) is 0 Å². The summed E-state index contributed by atoms with van der Waals surface area (Å²) in [4.78, 5) is 14.0. The second-order valence-corrected chi connectivity index (χ2v) is 9.31. The number of fused-ring (bicyclic) bond motifs is 1. The van der Waals surface area contributed by atoms with E-state index in [4.69, 9.17) is 4.42 Å². The standard InChI is InChI=1S/C21H19F2N3O5S/c1-13-2-4-15-18(24-28)12-20(31-19(15)10-13)21(27)25-6-8-26(9-7-25)32(29,30)14-3-5-16(22)17(23)11-14/h2-5,10-12,28H,6-9H2,1H3/b24-18+. The van der Waals surface area contributed by atoms with Gasteiger partial charge in [-0.1, -0.05) is 11.2 Å². The van der Waals surface area contributed by atoms with Crippen LogP contribution in [0, 0.1) is 18.6 Å². The average molecular weight is 463 g/mol. The molecule has 0 radical (unpaired) electrons. The van der Waals surface area contributed by atoms with E-state index in [1.165, 1.54) is 11.0 Å². The van der Waals surface area contributed by atoms with Gasteiger partial charge in [-0.25, -0.2) is 17.2 Å². The number of sulfonamides is 1. The highest BCUT2D eigenvalue weighted by Gasteiger charge is 2.31. The van der Waals surface area contributed by atoms with Gasteiger partial charge in [0, 0.05) is 37.6 Å². The number of nitrogens with zero attached hydrogens (tertiary/aromatic N) is 3. The molecule has 1 N–H and O–H groups in total. The molecule has 1 saturated heterocycles. The van der Waals surface area contributed by atoms with Crippen LogP contribution >= 0.6 is 0 Å². The number of rotatable bonds is 3. The zero-order chi connectivity index (χ0) is 23.0. The van der Waals surface area contributed by atoms with Gasteiger partial charge in [-0.05, 0) is 42.8 Å². The molecule has 4 rings (SSSR count). The second-order valence-electron chi connectivity index (χ2n) is 7.37. The van der Waals surface area contributed by atoms with Gasteiger partial charge in [0.15, 0.2) is 17.4 Å². The van der Waals surface area contributed by atoms with Crippen molar-refractivity contribution in [3.8, 4) is 0 Å². The maximum absolute atomic E-state index is 13.5. The first kappa shape index (κ1) is 21.9. The summed E-state index contributed by atoms with van der Waals surface area (Å²) in [5.41, 5.74) is 1.27. The van der Waals surface area contributed by atoms with Gasteiger partial charge < -0.3 is 14.5 Å². The summed E-state index contributed by atoms with van der Waals surface area (Å²) in [7, 11) is -4.04. The van der Waals surface area contributed by atoms with Gasteiger partial charge >= 0.3 is 0 Å². The van der Waals surface area contributed by atoms with Crippen molar-refractivity contribution in [1.29, 1.82) is 0 Å². The summed E-state index contributed by atoms with van der Waals surface area (Å²) in [5.74, 6) is -2.92. The lowest BCUT2D eigenvalue weighted by Crippen LogP contribution is -2.50. The molecular formula is C21H19F2N3O5S. The molecule has 1 aliphatic rings. The fourth-order valence-electron chi connectivity index (χ4n) is 3.54. The molecule has 1 fully saturated rings. The van der Waals surface area contributed by atoms with E-state index in [0.717, 1.165) is 22.0 Å². The fraction of sp³-hybridized carbons (Fsp3) is 0.238. The Morgan fingerprint density at radius 2 is 1.75 bits per heavy atom. The van der Waals surface area contributed by atoms with Crippen LogP contribution in [0.4, 0.5) is 8.78 Å². The number of aryl methyl sites for hydroxylation is 1. The van der Waals surface area contributed by atoms with E-state index in [1.54, 1.807) is 12.1 Å². The van der Waals surface area contributed by atoms with Gasteiger partial charge in [-0.3, -0.25) is 4.79 Å². The van der Waals surface area contributed by atoms with Crippen molar-refractivity contribution in [2.45, 2.75) is 11.8 Å². The van der Waals surface area contributed by atoms with Crippen LogP contribution in [0.25, 0.3) is 11.0 Å². The number of piperazine rings is 1. The molecule has 8 nitrogen and oxygen atoms in total. The van der Waals surface area contributed by atoms with E-state index in [0.29, 0.717) is 17.0 Å². The molecule has 168 valence electrons. The molecule has 1 aromatic heterocycles. The van der Waals surface area contributed by atoms with Crippen LogP contribution in [0.3, 0.4) is 0 Å². The van der Waals surface area contributed by atoms with Gasteiger partial charge in [0.1, 0.15) is 10.9 Å². The topological polar surface area (TPSA) is 103 Å². The minimum Gasteiger partial charge on any atom is -0.451 e. The van der Waals surface area contributed by atoms with Crippen molar-refractivity contribution in [3.05, 3.63) is 70.8 Å². The van der Waals surface area contributed by atoms with E-state index in [2.05, 4.69) is 5.16 Å². The lowest BCUT2D eigenvalue weighted by molar-refractivity contribution is 0.0666. The zero-order valence-electron chi connectivity index (χ0n) is 17.0. The molecule has 32 heavy (non-hydrogen) atoms. The number of amides is 1. The molecule has 0 saturated carbocycles. The monoisotopic (exact) mass is 463 g/mol. The lowest BCUT2D eigenvalue weighted by Gasteiger charge is -2.33. The van der Waals surface area contributed by atoms with Gasteiger partial charge in [-0.2, -0.15) is 4.31 Å². The zero-order valence-corrected chi connectivity index (χ0v) is 17.8. The molecule has 0 atom stereocenters. The van der Waals surface area contributed by atoms with Crippen molar-refractivity contribution in [1.82, 2.24) is 9.21 Å². The van der Waals surface area contributed by atoms with Crippen LogP contribution in [-0.2, 0) is 10.0 Å². The van der Waals surface area contributed by atoms with E-state index >= 15 is 0 Å². The summed E-state index contributed by atoms with van der Waals surface area (Å²) in [5, 5.41) is 13.3. The highest BCUT2D eigenvalue weighted by Crippen LogP contribution is 2.21. The molecule has 2 aromatic carbocycles. The molecule has 0 bridgehead atoms. The van der Waals surface area contributed by atoms with Gasteiger partial charge in [0.05, 0.1) is 4.90 Å². The van der Waals surface area contributed by atoms with Crippen LogP contribution in [0.5, 0.6) is 0 Å². The summed E-state index contributed by atoms with van der Waals surface area (Å²) in [6.45, 7) is 1.92. The normalized spacial score (nSPS) is 16.0. The predicted molar refractivity (Wildman–Crippen MR) is 109 cm³/mol. The molecule has 0 unspecified atom stereocenters. The van der Waals surface area contributed by atoms with Crippen LogP contribution in [0.2, 0.25) is 0 Å². The SMILES string of the molecule is Cc1ccc2/c(=N/O)cc(C(=O)N3CCN(S(=O)(=O)c4ccc(F)c(F)c4)CC3)oc2c1. The summed E-state index contributed by atoms with van der Waals surface area (Å²) >= 11 is 0. The summed E-state index contributed by atoms with van der Waals surface area (Å²) in [6.07, 6.45) is 0. The molecule has 11 heteroatoms. The van der Waals surface area contributed by atoms with Gasteiger partial charge in [-0.15, -0.1) is 0 Å². The first-order chi connectivity index (χ1) is 15.2. The minimum absolute atomic E-state index is 0.0308. The average Bonchev–Trinajstić information content (AvgIpc) is 2.79. The number of halogens is 2. The Morgan fingerprint density at radius 1 is 1.03 bits per heavy atom. The van der Waals surface area contributed by atoms with Crippen molar-refractivity contribution in [2.24, 2.45) is 5.16 Å². The lowest BCUT2D eigenvalue weighted by atomic mass is 10.1. The third-order valence-electron chi connectivity index (χ3n) is 5.27. The summed E-state index contributed by atoms with van der Waals surface area (Å²) < 4.78 is 58.9. The Balaban J connectivity index is 1.54. The largest absolute Gasteiger partial charge is 0.451 e. The first-order valence-corrected chi connectivity index (χ1v) is 11.1. The Morgan fingerprint density at radius 3 is 2.41 bits per heavy atom. The van der Waals surface area contributed by atoms with Crippen molar-refractivity contribution < 1.29 is 31.6 Å².